The lowest BCUT2D eigenvalue weighted by atomic mass is 10.0. The van der Waals surface area contributed by atoms with Gasteiger partial charge in [-0.05, 0) is 37.8 Å². The summed E-state index contributed by atoms with van der Waals surface area (Å²) in [6.07, 6.45) is 0.339. The number of hydrogen-bond acceptors (Lipinski definition) is 3. The lowest BCUT2D eigenvalue weighted by Crippen LogP contribution is -2.46. The number of hydrogen-bond donors (Lipinski definition) is 3. The van der Waals surface area contributed by atoms with Crippen molar-refractivity contribution in [1.82, 2.24) is 10.6 Å². The predicted octanol–water partition coefficient (Wildman–Crippen LogP) is 1.65. The average molecular weight is 320 g/mol. The molecule has 6 heteroatoms. The highest BCUT2D eigenvalue weighted by Gasteiger charge is 2.21. The van der Waals surface area contributed by atoms with Crippen molar-refractivity contribution in [3.05, 3.63) is 34.9 Å². The highest BCUT2D eigenvalue weighted by molar-refractivity contribution is 5.98. The maximum Gasteiger partial charge on any atom is 0.326 e. The number of benzene rings is 1. The third kappa shape index (κ3) is 6.10. The summed E-state index contributed by atoms with van der Waals surface area (Å²) in [4.78, 5) is 35.0. The molecule has 3 N–H and O–H groups in total. The van der Waals surface area contributed by atoms with Crippen molar-refractivity contribution in [1.29, 1.82) is 0 Å². The molecule has 0 spiro atoms. The van der Waals surface area contributed by atoms with Crippen molar-refractivity contribution in [2.75, 3.05) is 6.54 Å². The first-order chi connectivity index (χ1) is 10.7. The SMILES string of the molecule is Cc1ccc(C(=O)NCC(=O)N[C@@H](CC(C)C)C(=O)O)c(C)c1. The molecule has 0 radical (unpaired) electrons. The average Bonchev–Trinajstić information content (AvgIpc) is 2.43. The van der Waals surface area contributed by atoms with Gasteiger partial charge in [0.05, 0.1) is 6.54 Å². The predicted molar refractivity (Wildman–Crippen MR) is 87.3 cm³/mol. The smallest absolute Gasteiger partial charge is 0.326 e. The molecule has 0 fully saturated rings. The monoisotopic (exact) mass is 320 g/mol. The largest absolute Gasteiger partial charge is 0.480 e. The third-order valence-corrected chi connectivity index (χ3v) is 3.38. The van der Waals surface area contributed by atoms with E-state index in [0.29, 0.717) is 12.0 Å². The van der Waals surface area contributed by atoms with Gasteiger partial charge in [0.1, 0.15) is 6.04 Å². The maximum atomic E-state index is 12.1. The minimum Gasteiger partial charge on any atom is -0.480 e. The van der Waals surface area contributed by atoms with Crippen molar-refractivity contribution in [3.8, 4) is 0 Å². The number of carboxylic acid groups (broad SMARTS) is 1. The second-order valence-electron chi connectivity index (χ2n) is 6.09. The first kappa shape index (κ1) is 18.7. The van der Waals surface area contributed by atoms with E-state index in [9.17, 15) is 14.4 Å². The summed E-state index contributed by atoms with van der Waals surface area (Å²) in [6, 6.07) is 4.47. The zero-order valence-electron chi connectivity index (χ0n) is 14.0. The molecule has 1 atom stereocenters. The number of aryl methyl sites for hydroxylation is 2. The van der Waals surface area contributed by atoms with Gasteiger partial charge in [0.25, 0.3) is 5.91 Å². The van der Waals surface area contributed by atoms with Gasteiger partial charge in [0, 0.05) is 5.56 Å². The van der Waals surface area contributed by atoms with E-state index in [-0.39, 0.29) is 18.4 Å². The van der Waals surface area contributed by atoms with E-state index < -0.39 is 17.9 Å². The Balaban J connectivity index is 2.58. The van der Waals surface area contributed by atoms with Crippen LogP contribution in [0.3, 0.4) is 0 Å². The summed E-state index contributed by atoms with van der Waals surface area (Å²) in [5, 5.41) is 14.0. The molecule has 0 saturated carbocycles. The molecule has 0 aliphatic rings. The summed E-state index contributed by atoms with van der Waals surface area (Å²) >= 11 is 0. The Morgan fingerprint density at radius 1 is 1.17 bits per heavy atom. The maximum absolute atomic E-state index is 12.1. The van der Waals surface area contributed by atoms with Gasteiger partial charge < -0.3 is 15.7 Å². The fourth-order valence-corrected chi connectivity index (χ4v) is 2.26. The van der Waals surface area contributed by atoms with Crippen LogP contribution in [0.1, 0.15) is 41.8 Å². The van der Waals surface area contributed by atoms with E-state index >= 15 is 0 Å². The Morgan fingerprint density at radius 3 is 2.35 bits per heavy atom. The molecule has 0 unspecified atom stereocenters. The third-order valence-electron chi connectivity index (χ3n) is 3.38. The standard InChI is InChI=1S/C17H24N2O4/c1-10(2)7-14(17(22)23)19-15(20)9-18-16(21)13-6-5-11(3)8-12(13)4/h5-6,8,10,14H,7,9H2,1-4H3,(H,18,21)(H,19,20)(H,22,23)/t14-/m0/s1. The number of carbonyl (C=O) groups is 3. The van der Waals surface area contributed by atoms with Gasteiger partial charge in [-0.25, -0.2) is 4.79 Å². The van der Waals surface area contributed by atoms with Gasteiger partial charge in [-0.15, -0.1) is 0 Å². The quantitative estimate of drug-likeness (QED) is 0.712. The van der Waals surface area contributed by atoms with E-state index in [1.165, 1.54) is 0 Å². The number of carboxylic acids is 1. The number of nitrogens with one attached hydrogen (secondary N) is 2. The van der Waals surface area contributed by atoms with Crippen LogP contribution in [0.2, 0.25) is 0 Å². The van der Waals surface area contributed by atoms with Crippen molar-refractivity contribution in [3.63, 3.8) is 0 Å². The number of aliphatic carboxylic acids is 1. The van der Waals surface area contributed by atoms with Crippen LogP contribution in [0.4, 0.5) is 0 Å². The van der Waals surface area contributed by atoms with Crippen LogP contribution in [0.15, 0.2) is 18.2 Å². The van der Waals surface area contributed by atoms with Crippen LogP contribution in [0, 0.1) is 19.8 Å². The number of rotatable bonds is 7. The van der Waals surface area contributed by atoms with Crippen LogP contribution in [0.25, 0.3) is 0 Å². The molecule has 1 aromatic carbocycles. The van der Waals surface area contributed by atoms with Crippen molar-refractivity contribution in [2.24, 2.45) is 5.92 Å². The lowest BCUT2D eigenvalue weighted by Gasteiger charge is -2.16. The molecule has 0 heterocycles. The van der Waals surface area contributed by atoms with Crippen LogP contribution in [-0.4, -0.2) is 35.5 Å². The Hall–Kier alpha value is -2.37. The minimum atomic E-state index is -1.08. The zero-order valence-corrected chi connectivity index (χ0v) is 14.0. The van der Waals surface area contributed by atoms with Gasteiger partial charge >= 0.3 is 5.97 Å². The fourth-order valence-electron chi connectivity index (χ4n) is 2.26. The summed E-state index contributed by atoms with van der Waals surface area (Å²) in [5.41, 5.74) is 2.38. The minimum absolute atomic E-state index is 0.140. The Labute approximate surface area is 136 Å². The molecule has 0 aromatic heterocycles. The van der Waals surface area contributed by atoms with Gasteiger partial charge in [-0.1, -0.05) is 31.5 Å². The van der Waals surface area contributed by atoms with E-state index in [2.05, 4.69) is 10.6 Å². The van der Waals surface area contributed by atoms with Crippen molar-refractivity contribution >= 4 is 17.8 Å². The van der Waals surface area contributed by atoms with Crippen molar-refractivity contribution in [2.45, 2.75) is 40.2 Å². The first-order valence-electron chi connectivity index (χ1n) is 7.58. The lowest BCUT2D eigenvalue weighted by molar-refractivity contribution is -0.142. The summed E-state index contributed by atoms with van der Waals surface area (Å²) in [5.74, 6) is -1.81. The molecule has 23 heavy (non-hydrogen) atoms. The molecular weight excluding hydrogens is 296 g/mol. The highest BCUT2D eigenvalue weighted by Crippen LogP contribution is 2.10. The van der Waals surface area contributed by atoms with Crippen LogP contribution >= 0.6 is 0 Å². The second kappa shape index (κ2) is 8.31. The molecule has 0 bridgehead atoms. The molecule has 0 saturated heterocycles. The first-order valence-corrected chi connectivity index (χ1v) is 7.58. The van der Waals surface area contributed by atoms with E-state index in [0.717, 1.165) is 11.1 Å². The van der Waals surface area contributed by atoms with E-state index in [1.54, 1.807) is 6.07 Å². The normalized spacial score (nSPS) is 11.9. The van der Waals surface area contributed by atoms with Gasteiger partial charge in [0.2, 0.25) is 5.91 Å². The van der Waals surface area contributed by atoms with E-state index in [4.69, 9.17) is 5.11 Å². The highest BCUT2D eigenvalue weighted by atomic mass is 16.4. The van der Waals surface area contributed by atoms with Crippen LogP contribution in [-0.2, 0) is 9.59 Å². The molecular formula is C17H24N2O4. The Morgan fingerprint density at radius 2 is 1.83 bits per heavy atom. The molecule has 0 aliphatic carbocycles. The summed E-state index contributed by atoms with van der Waals surface area (Å²) in [6.45, 7) is 7.26. The van der Waals surface area contributed by atoms with Gasteiger partial charge in [0.15, 0.2) is 0 Å². The molecule has 1 rings (SSSR count). The summed E-state index contributed by atoms with van der Waals surface area (Å²) in [7, 11) is 0. The molecule has 2 amide bonds. The Kier molecular flexibility index (Phi) is 6.75. The fraction of sp³-hybridized carbons (Fsp3) is 0.471. The molecule has 6 nitrogen and oxygen atoms in total. The topological polar surface area (TPSA) is 95.5 Å². The van der Waals surface area contributed by atoms with Crippen LogP contribution < -0.4 is 10.6 Å². The van der Waals surface area contributed by atoms with Gasteiger partial charge in [-0.2, -0.15) is 0 Å². The van der Waals surface area contributed by atoms with Crippen molar-refractivity contribution < 1.29 is 19.5 Å². The Bertz CT molecular complexity index is 596. The number of amides is 2. The second-order valence-corrected chi connectivity index (χ2v) is 6.09. The molecule has 0 aliphatic heterocycles. The number of carbonyl (C=O) groups excluding carboxylic acids is 2. The molecule has 1 aromatic rings. The van der Waals surface area contributed by atoms with Crippen LogP contribution in [0.5, 0.6) is 0 Å². The summed E-state index contributed by atoms with van der Waals surface area (Å²) < 4.78 is 0. The van der Waals surface area contributed by atoms with Gasteiger partial charge in [-0.3, -0.25) is 9.59 Å². The zero-order chi connectivity index (χ0) is 17.6. The molecule has 126 valence electrons. The van der Waals surface area contributed by atoms with E-state index in [1.807, 2.05) is 39.8 Å².